The van der Waals surface area contributed by atoms with Gasteiger partial charge in [0.15, 0.2) is 0 Å². The highest BCUT2D eigenvalue weighted by molar-refractivity contribution is 7.89. The van der Waals surface area contributed by atoms with Crippen molar-refractivity contribution in [3.63, 3.8) is 0 Å². The SMILES string of the molecule is CCNc1ccncc1S(=O)(=O)N1CCC(OC)CC1. The van der Waals surface area contributed by atoms with E-state index in [2.05, 4.69) is 10.3 Å². The number of nitrogens with one attached hydrogen (secondary N) is 1. The number of hydrogen-bond acceptors (Lipinski definition) is 5. The molecule has 20 heavy (non-hydrogen) atoms. The van der Waals surface area contributed by atoms with Crippen molar-refractivity contribution < 1.29 is 13.2 Å². The zero-order valence-corrected chi connectivity index (χ0v) is 12.7. The minimum Gasteiger partial charge on any atom is -0.384 e. The Morgan fingerprint density at radius 2 is 2.15 bits per heavy atom. The van der Waals surface area contributed by atoms with E-state index in [1.807, 2.05) is 6.92 Å². The summed E-state index contributed by atoms with van der Waals surface area (Å²) in [6, 6.07) is 1.69. The normalized spacial score (nSPS) is 18.1. The highest BCUT2D eigenvalue weighted by Gasteiger charge is 2.31. The van der Waals surface area contributed by atoms with E-state index in [1.54, 1.807) is 19.4 Å². The summed E-state index contributed by atoms with van der Waals surface area (Å²) in [4.78, 5) is 4.20. The number of aromatic nitrogens is 1. The maximum Gasteiger partial charge on any atom is 0.246 e. The highest BCUT2D eigenvalue weighted by Crippen LogP contribution is 2.26. The van der Waals surface area contributed by atoms with Gasteiger partial charge < -0.3 is 10.1 Å². The van der Waals surface area contributed by atoms with Crippen LogP contribution in [0.25, 0.3) is 0 Å². The minimum absolute atomic E-state index is 0.156. The standard InChI is InChI=1S/C13H21N3O3S/c1-3-15-12-4-7-14-10-13(12)20(17,18)16-8-5-11(19-2)6-9-16/h4,7,10-11H,3,5-6,8-9H2,1-2H3,(H,14,15). The van der Waals surface area contributed by atoms with Crippen LogP contribution in [0, 0.1) is 0 Å². The highest BCUT2D eigenvalue weighted by atomic mass is 32.2. The molecule has 1 N–H and O–H groups in total. The Morgan fingerprint density at radius 3 is 2.75 bits per heavy atom. The molecule has 1 aliphatic rings. The first-order valence-corrected chi connectivity index (χ1v) is 8.24. The summed E-state index contributed by atoms with van der Waals surface area (Å²) < 4.78 is 32.2. The molecule has 0 amide bonds. The summed E-state index contributed by atoms with van der Waals surface area (Å²) in [7, 11) is -1.83. The molecule has 6 nitrogen and oxygen atoms in total. The van der Waals surface area contributed by atoms with E-state index in [0.29, 0.717) is 25.3 Å². The van der Waals surface area contributed by atoms with Crippen molar-refractivity contribution in [3.8, 4) is 0 Å². The van der Waals surface area contributed by atoms with Crippen molar-refractivity contribution in [1.82, 2.24) is 9.29 Å². The van der Waals surface area contributed by atoms with Crippen molar-refractivity contribution in [1.29, 1.82) is 0 Å². The van der Waals surface area contributed by atoms with Gasteiger partial charge in [0, 0.05) is 39.1 Å². The van der Waals surface area contributed by atoms with Gasteiger partial charge >= 0.3 is 0 Å². The number of nitrogens with zero attached hydrogens (tertiary/aromatic N) is 2. The van der Waals surface area contributed by atoms with Gasteiger partial charge in [-0.05, 0) is 25.8 Å². The third kappa shape index (κ3) is 3.11. The smallest absolute Gasteiger partial charge is 0.246 e. The minimum atomic E-state index is -3.49. The average Bonchev–Trinajstić information content (AvgIpc) is 2.48. The first-order chi connectivity index (χ1) is 9.59. The molecule has 0 bridgehead atoms. The Kier molecular flexibility index (Phi) is 4.95. The molecule has 0 unspecified atom stereocenters. The fourth-order valence-corrected chi connectivity index (χ4v) is 3.95. The van der Waals surface area contributed by atoms with Crippen LogP contribution in [0.15, 0.2) is 23.4 Å². The van der Waals surface area contributed by atoms with Crippen molar-refractivity contribution >= 4 is 15.7 Å². The van der Waals surface area contributed by atoms with Crippen molar-refractivity contribution in [2.24, 2.45) is 0 Å². The van der Waals surface area contributed by atoms with Crippen LogP contribution in [0.5, 0.6) is 0 Å². The van der Waals surface area contributed by atoms with Crippen LogP contribution in [-0.4, -0.2) is 50.6 Å². The molecule has 0 aromatic carbocycles. The quantitative estimate of drug-likeness (QED) is 0.887. The van der Waals surface area contributed by atoms with Crippen LogP contribution in [0.1, 0.15) is 19.8 Å². The lowest BCUT2D eigenvalue weighted by molar-refractivity contribution is 0.0604. The van der Waals surface area contributed by atoms with Crippen molar-refractivity contribution in [3.05, 3.63) is 18.5 Å². The summed E-state index contributed by atoms with van der Waals surface area (Å²) in [5.74, 6) is 0. The zero-order valence-electron chi connectivity index (χ0n) is 11.9. The van der Waals surface area contributed by atoms with Gasteiger partial charge in [0.25, 0.3) is 0 Å². The topological polar surface area (TPSA) is 71.5 Å². The lowest BCUT2D eigenvalue weighted by atomic mass is 10.1. The van der Waals surface area contributed by atoms with Crippen LogP contribution in [0.2, 0.25) is 0 Å². The molecule has 0 radical (unpaired) electrons. The predicted octanol–water partition coefficient (Wildman–Crippen LogP) is 1.31. The maximum atomic E-state index is 12.7. The van der Waals surface area contributed by atoms with Gasteiger partial charge in [-0.3, -0.25) is 4.98 Å². The number of anilines is 1. The van der Waals surface area contributed by atoms with Gasteiger partial charge in [-0.15, -0.1) is 0 Å². The molecule has 1 saturated heterocycles. The monoisotopic (exact) mass is 299 g/mol. The molecule has 1 fully saturated rings. The molecule has 1 aromatic heterocycles. The Hall–Kier alpha value is -1.18. The molecular formula is C13H21N3O3S. The summed E-state index contributed by atoms with van der Waals surface area (Å²) in [5, 5.41) is 3.07. The Balaban J connectivity index is 2.23. The Bertz CT molecular complexity index is 540. The second kappa shape index (κ2) is 6.51. The zero-order chi connectivity index (χ0) is 14.6. The predicted molar refractivity (Wildman–Crippen MR) is 77.2 cm³/mol. The molecule has 1 aliphatic heterocycles. The maximum absolute atomic E-state index is 12.7. The first-order valence-electron chi connectivity index (χ1n) is 6.80. The molecule has 7 heteroatoms. The lowest BCUT2D eigenvalue weighted by Crippen LogP contribution is -2.40. The first kappa shape index (κ1) is 15.2. The Labute approximate surface area is 120 Å². The number of methoxy groups -OCH3 is 1. The van der Waals surface area contributed by atoms with E-state index in [0.717, 1.165) is 12.8 Å². The van der Waals surface area contributed by atoms with Crippen LogP contribution in [-0.2, 0) is 14.8 Å². The summed E-state index contributed by atoms with van der Waals surface area (Å²) in [6.45, 7) is 3.57. The number of ether oxygens (including phenoxy) is 1. The van der Waals surface area contributed by atoms with Gasteiger partial charge in [-0.2, -0.15) is 4.31 Å². The number of piperidine rings is 1. The molecule has 1 aromatic rings. The molecule has 0 aliphatic carbocycles. The number of sulfonamides is 1. The Morgan fingerprint density at radius 1 is 1.45 bits per heavy atom. The largest absolute Gasteiger partial charge is 0.384 e. The van der Waals surface area contributed by atoms with Gasteiger partial charge in [0.1, 0.15) is 4.90 Å². The number of pyridine rings is 1. The van der Waals surface area contributed by atoms with Gasteiger partial charge in [-0.25, -0.2) is 8.42 Å². The second-order valence-corrected chi connectivity index (χ2v) is 6.65. The molecule has 0 saturated carbocycles. The van der Waals surface area contributed by atoms with Crippen LogP contribution in [0.3, 0.4) is 0 Å². The van der Waals surface area contributed by atoms with E-state index in [4.69, 9.17) is 4.74 Å². The summed E-state index contributed by atoms with van der Waals surface area (Å²) in [6.07, 6.45) is 4.62. The third-order valence-corrected chi connectivity index (χ3v) is 5.43. The molecule has 0 atom stereocenters. The number of hydrogen-bond donors (Lipinski definition) is 1. The molecular weight excluding hydrogens is 278 g/mol. The fourth-order valence-electron chi connectivity index (χ4n) is 2.37. The van der Waals surface area contributed by atoms with Crippen LogP contribution in [0.4, 0.5) is 5.69 Å². The lowest BCUT2D eigenvalue weighted by Gasteiger charge is -2.30. The van der Waals surface area contributed by atoms with E-state index in [9.17, 15) is 8.42 Å². The third-order valence-electron chi connectivity index (χ3n) is 3.50. The van der Waals surface area contributed by atoms with E-state index < -0.39 is 10.0 Å². The molecule has 2 heterocycles. The molecule has 112 valence electrons. The average molecular weight is 299 g/mol. The summed E-state index contributed by atoms with van der Waals surface area (Å²) >= 11 is 0. The van der Waals surface area contributed by atoms with E-state index in [1.165, 1.54) is 10.5 Å². The van der Waals surface area contributed by atoms with Crippen LogP contribution < -0.4 is 5.32 Å². The number of rotatable bonds is 5. The summed E-state index contributed by atoms with van der Waals surface area (Å²) in [5.41, 5.74) is 0.608. The van der Waals surface area contributed by atoms with Gasteiger partial charge in [-0.1, -0.05) is 0 Å². The van der Waals surface area contributed by atoms with Crippen molar-refractivity contribution in [2.45, 2.75) is 30.8 Å². The molecule has 2 rings (SSSR count). The molecule has 0 spiro atoms. The van der Waals surface area contributed by atoms with E-state index in [-0.39, 0.29) is 11.0 Å². The van der Waals surface area contributed by atoms with Crippen LogP contribution >= 0.6 is 0 Å². The van der Waals surface area contributed by atoms with Crippen molar-refractivity contribution in [2.75, 3.05) is 32.1 Å². The van der Waals surface area contributed by atoms with Gasteiger partial charge in [0.05, 0.1) is 11.8 Å². The van der Waals surface area contributed by atoms with E-state index >= 15 is 0 Å². The fraction of sp³-hybridized carbons (Fsp3) is 0.615. The van der Waals surface area contributed by atoms with Gasteiger partial charge in [0.2, 0.25) is 10.0 Å². The second-order valence-electron chi connectivity index (χ2n) is 4.74.